The van der Waals surface area contributed by atoms with Crippen LogP contribution in [0.4, 0.5) is 15.8 Å². The molecule has 0 radical (unpaired) electrons. The van der Waals surface area contributed by atoms with Crippen molar-refractivity contribution in [1.82, 2.24) is 0 Å². The van der Waals surface area contributed by atoms with Crippen molar-refractivity contribution in [3.05, 3.63) is 84.2 Å². The van der Waals surface area contributed by atoms with E-state index in [9.17, 15) is 14.0 Å². The summed E-state index contributed by atoms with van der Waals surface area (Å²) < 4.78 is 25.6. The summed E-state index contributed by atoms with van der Waals surface area (Å²) >= 11 is 0. The number of fused-ring (bicyclic) bond motifs is 1. The van der Waals surface area contributed by atoms with E-state index < -0.39 is 35.7 Å². The number of ether oxygens (including phenoxy) is 2. The molecule has 0 N–H and O–H groups in total. The number of hydrogen-bond donors (Lipinski definition) is 0. The van der Waals surface area contributed by atoms with Crippen molar-refractivity contribution in [2.45, 2.75) is 32.4 Å². The highest BCUT2D eigenvalue weighted by atomic mass is 19.1. The summed E-state index contributed by atoms with van der Waals surface area (Å²) in [6.45, 7) is 4.89. The second kappa shape index (κ2) is 9.99. The lowest BCUT2D eigenvalue weighted by Crippen LogP contribution is -2.37. The van der Waals surface area contributed by atoms with Crippen molar-refractivity contribution < 1.29 is 28.3 Å². The lowest BCUT2D eigenvalue weighted by Gasteiger charge is -2.29. The molecule has 2 fully saturated rings. The van der Waals surface area contributed by atoms with Crippen LogP contribution in [-0.4, -0.2) is 31.1 Å². The highest BCUT2D eigenvalue weighted by Crippen LogP contribution is 2.48. The molecule has 2 amide bonds. The van der Waals surface area contributed by atoms with Crippen molar-refractivity contribution in [1.29, 1.82) is 0 Å². The maximum absolute atomic E-state index is 13.9. The molecule has 0 aromatic heterocycles. The van der Waals surface area contributed by atoms with Crippen LogP contribution in [-0.2, 0) is 14.4 Å². The lowest BCUT2D eigenvalue weighted by molar-refractivity contribution is -0.126. The number of halogens is 1. The van der Waals surface area contributed by atoms with Gasteiger partial charge < -0.3 is 9.47 Å². The zero-order chi connectivity index (χ0) is 25.2. The molecule has 5 rings (SSSR count). The molecule has 7 nitrogen and oxygen atoms in total. The monoisotopic (exact) mass is 490 g/mol. The van der Waals surface area contributed by atoms with Crippen LogP contribution in [0.3, 0.4) is 0 Å². The molecule has 2 aliphatic heterocycles. The van der Waals surface area contributed by atoms with Gasteiger partial charge in [0.2, 0.25) is 5.91 Å². The molecule has 0 saturated carbocycles. The summed E-state index contributed by atoms with van der Waals surface area (Å²) in [6, 6.07) is 19.7. The fourth-order valence-corrected chi connectivity index (χ4v) is 4.73. The molecule has 0 aliphatic carbocycles. The third-order valence-electron chi connectivity index (χ3n) is 6.26. The summed E-state index contributed by atoms with van der Waals surface area (Å²) in [5, 5.41) is 1.62. The normalized spacial score (nSPS) is 21.1. The fraction of sp³-hybridized carbons (Fsp3) is 0.286. The van der Waals surface area contributed by atoms with Crippen molar-refractivity contribution in [2.75, 3.05) is 23.2 Å². The van der Waals surface area contributed by atoms with E-state index in [4.69, 9.17) is 14.3 Å². The van der Waals surface area contributed by atoms with Crippen molar-refractivity contribution >= 4 is 23.2 Å². The van der Waals surface area contributed by atoms with Crippen LogP contribution in [0, 0.1) is 11.7 Å². The molecule has 3 aromatic rings. The van der Waals surface area contributed by atoms with Gasteiger partial charge in [-0.2, -0.15) is 0 Å². The maximum Gasteiger partial charge on any atom is 0.266 e. The standard InChI is InChI=1S/C28H27FN2O5/c1-3-15-35-22-14-13-18(16-23(22)34-4-2)25-24-26(36-31(25)20-10-6-5-7-11-20)28(33)30(27(24)32)21-12-8-9-19(29)17-21/h5-14,16-17,24-26H,3-4,15H2,1-2H3. The molecule has 2 heterocycles. The SMILES string of the molecule is CCCOc1ccc(C2C3C(=O)N(c4cccc(F)c4)C(=O)C3ON2c2ccccc2)cc1OCC. The predicted molar refractivity (Wildman–Crippen MR) is 132 cm³/mol. The highest BCUT2D eigenvalue weighted by Gasteiger charge is 2.60. The first-order chi connectivity index (χ1) is 17.5. The van der Waals surface area contributed by atoms with Gasteiger partial charge in [-0.25, -0.2) is 14.4 Å². The zero-order valence-electron chi connectivity index (χ0n) is 20.1. The van der Waals surface area contributed by atoms with Crippen LogP contribution in [0.1, 0.15) is 31.9 Å². The third-order valence-corrected chi connectivity index (χ3v) is 6.26. The first-order valence-corrected chi connectivity index (χ1v) is 12.1. The minimum atomic E-state index is -1.04. The molecule has 3 unspecified atom stereocenters. The number of rotatable bonds is 8. The van der Waals surface area contributed by atoms with E-state index in [1.165, 1.54) is 24.3 Å². The molecule has 0 spiro atoms. The summed E-state index contributed by atoms with van der Waals surface area (Å²) in [6.07, 6.45) is -0.195. The molecule has 2 saturated heterocycles. The predicted octanol–water partition coefficient (Wildman–Crippen LogP) is 5.06. The first-order valence-electron chi connectivity index (χ1n) is 12.1. The Balaban J connectivity index is 1.58. The topological polar surface area (TPSA) is 68.3 Å². The summed E-state index contributed by atoms with van der Waals surface area (Å²) in [5.74, 6) is -1.16. The molecule has 3 aromatic carbocycles. The maximum atomic E-state index is 13.9. The van der Waals surface area contributed by atoms with Crippen LogP contribution >= 0.6 is 0 Å². The van der Waals surface area contributed by atoms with Crippen LogP contribution in [0.25, 0.3) is 0 Å². The van der Waals surface area contributed by atoms with E-state index in [2.05, 4.69) is 0 Å². The number of amides is 2. The van der Waals surface area contributed by atoms with Crippen molar-refractivity contribution in [3.63, 3.8) is 0 Å². The molecule has 186 valence electrons. The van der Waals surface area contributed by atoms with E-state index in [0.717, 1.165) is 16.9 Å². The molecule has 3 atom stereocenters. The van der Waals surface area contributed by atoms with Gasteiger partial charge in [-0.05, 0) is 61.4 Å². The minimum Gasteiger partial charge on any atom is -0.490 e. The van der Waals surface area contributed by atoms with Gasteiger partial charge in [0.25, 0.3) is 5.91 Å². The number of hydroxylamine groups is 1. The van der Waals surface area contributed by atoms with Crippen LogP contribution < -0.4 is 19.4 Å². The number of nitrogens with zero attached hydrogens (tertiary/aromatic N) is 2. The van der Waals surface area contributed by atoms with Crippen LogP contribution in [0.2, 0.25) is 0 Å². The lowest BCUT2D eigenvalue weighted by atomic mass is 9.90. The first kappa shape index (κ1) is 23.8. The molecule has 0 bridgehead atoms. The third kappa shape index (κ3) is 4.18. The zero-order valence-corrected chi connectivity index (χ0v) is 20.1. The number of anilines is 2. The largest absolute Gasteiger partial charge is 0.490 e. The number of para-hydroxylation sites is 1. The molecule has 8 heteroatoms. The number of carbonyl (C=O) groups excluding carboxylic acids is 2. The van der Waals surface area contributed by atoms with Gasteiger partial charge in [0.05, 0.1) is 30.6 Å². The minimum absolute atomic E-state index is 0.186. The quantitative estimate of drug-likeness (QED) is 0.411. The van der Waals surface area contributed by atoms with Gasteiger partial charge in [-0.1, -0.05) is 37.3 Å². The second-order valence-corrected chi connectivity index (χ2v) is 8.64. The smallest absolute Gasteiger partial charge is 0.266 e. The Labute approximate surface area is 208 Å². The Morgan fingerprint density at radius 3 is 2.36 bits per heavy atom. The Bertz CT molecular complexity index is 1270. The second-order valence-electron chi connectivity index (χ2n) is 8.64. The Morgan fingerprint density at radius 1 is 0.861 bits per heavy atom. The van der Waals surface area contributed by atoms with Crippen molar-refractivity contribution in [3.8, 4) is 11.5 Å². The number of hydrogen-bond acceptors (Lipinski definition) is 6. The van der Waals surface area contributed by atoms with E-state index in [1.54, 1.807) is 5.06 Å². The molecule has 2 aliphatic rings. The number of imide groups is 1. The molecular formula is C28H27FN2O5. The fourth-order valence-electron chi connectivity index (χ4n) is 4.73. The van der Waals surface area contributed by atoms with Crippen LogP contribution in [0.5, 0.6) is 11.5 Å². The van der Waals surface area contributed by atoms with Gasteiger partial charge in [0.1, 0.15) is 11.7 Å². The highest BCUT2D eigenvalue weighted by molar-refractivity contribution is 6.23. The van der Waals surface area contributed by atoms with Gasteiger partial charge in [-0.3, -0.25) is 14.4 Å². The number of benzene rings is 3. The van der Waals surface area contributed by atoms with Gasteiger partial charge in [-0.15, -0.1) is 0 Å². The van der Waals surface area contributed by atoms with Gasteiger partial charge in [0, 0.05) is 0 Å². The Hall–Kier alpha value is -3.91. The van der Waals surface area contributed by atoms with Crippen molar-refractivity contribution in [2.24, 2.45) is 5.92 Å². The Morgan fingerprint density at radius 2 is 1.64 bits per heavy atom. The van der Waals surface area contributed by atoms with E-state index in [0.29, 0.717) is 30.4 Å². The van der Waals surface area contributed by atoms with Gasteiger partial charge >= 0.3 is 0 Å². The molecule has 36 heavy (non-hydrogen) atoms. The molecular weight excluding hydrogens is 463 g/mol. The van der Waals surface area contributed by atoms with E-state index in [1.807, 2.05) is 62.4 Å². The van der Waals surface area contributed by atoms with E-state index in [-0.39, 0.29) is 5.69 Å². The Kier molecular flexibility index (Phi) is 6.61. The number of carbonyl (C=O) groups is 2. The van der Waals surface area contributed by atoms with Gasteiger partial charge in [0.15, 0.2) is 17.6 Å². The summed E-state index contributed by atoms with van der Waals surface area (Å²) in [4.78, 5) is 34.3. The average Bonchev–Trinajstić information content (AvgIpc) is 3.39. The average molecular weight is 491 g/mol. The summed E-state index contributed by atoms with van der Waals surface area (Å²) in [7, 11) is 0. The van der Waals surface area contributed by atoms with Crippen LogP contribution in [0.15, 0.2) is 72.8 Å². The van der Waals surface area contributed by atoms with E-state index >= 15 is 0 Å². The summed E-state index contributed by atoms with van der Waals surface area (Å²) in [5.41, 5.74) is 1.63.